The van der Waals surface area contributed by atoms with Crippen LogP contribution in [0.4, 0.5) is 5.69 Å². The lowest BCUT2D eigenvalue weighted by Gasteiger charge is -2.45. The highest BCUT2D eigenvalue weighted by molar-refractivity contribution is 7.90. The van der Waals surface area contributed by atoms with Gasteiger partial charge in [-0.3, -0.25) is 4.79 Å². The molecule has 1 spiro atoms. The number of nitrogens with zero attached hydrogens (tertiary/aromatic N) is 1. The fourth-order valence-corrected chi connectivity index (χ4v) is 8.04. The molecule has 0 saturated heterocycles. The van der Waals surface area contributed by atoms with Crippen LogP contribution in [0.3, 0.4) is 0 Å². The first-order chi connectivity index (χ1) is 18.3. The molecule has 1 aromatic carbocycles. The first-order valence-corrected chi connectivity index (χ1v) is 16.0. The Hall–Kier alpha value is -2.54. The summed E-state index contributed by atoms with van der Waals surface area (Å²) in [6, 6.07) is 5.38. The lowest BCUT2D eigenvalue weighted by atomic mass is 9.68. The van der Waals surface area contributed by atoms with E-state index in [0.717, 1.165) is 63.1 Å². The monoisotopic (exact) mass is 538 g/mol. The van der Waals surface area contributed by atoms with E-state index in [9.17, 15) is 13.2 Å². The second-order valence-electron chi connectivity index (χ2n) is 11.7. The minimum Gasteiger partial charge on any atom is -0.490 e. The zero-order valence-electron chi connectivity index (χ0n) is 22.7. The van der Waals surface area contributed by atoms with Crippen LogP contribution in [-0.4, -0.2) is 39.8 Å². The molecule has 2 heterocycles. The van der Waals surface area contributed by atoms with E-state index in [0.29, 0.717) is 30.4 Å². The zero-order valence-corrected chi connectivity index (χ0v) is 23.5. The van der Waals surface area contributed by atoms with Gasteiger partial charge in [-0.05, 0) is 86.6 Å². The molecular formula is C31H42N2O4S. The number of allylic oxidation sites excluding steroid dienone is 4. The molecule has 1 amide bonds. The molecule has 0 unspecified atom stereocenters. The Morgan fingerprint density at radius 2 is 1.92 bits per heavy atom. The van der Waals surface area contributed by atoms with E-state index >= 15 is 0 Å². The minimum atomic E-state index is -3.67. The predicted molar refractivity (Wildman–Crippen MR) is 153 cm³/mol. The van der Waals surface area contributed by atoms with E-state index in [2.05, 4.69) is 35.3 Å². The van der Waals surface area contributed by atoms with Crippen molar-refractivity contribution in [1.82, 2.24) is 4.72 Å². The Bertz CT molecular complexity index is 1230. The van der Waals surface area contributed by atoms with Crippen molar-refractivity contribution in [2.45, 2.75) is 71.1 Å². The molecule has 0 aromatic heterocycles. The fraction of sp³-hybridized carbons (Fsp3) is 0.581. The first kappa shape index (κ1) is 27.0. The molecular weight excluding hydrogens is 496 g/mol. The summed E-state index contributed by atoms with van der Waals surface area (Å²) in [7, 11) is -3.67. The highest BCUT2D eigenvalue weighted by atomic mass is 32.2. The summed E-state index contributed by atoms with van der Waals surface area (Å²) < 4.78 is 34.0. The van der Waals surface area contributed by atoms with Gasteiger partial charge in [0.15, 0.2) is 0 Å². The van der Waals surface area contributed by atoms with E-state index < -0.39 is 15.9 Å². The van der Waals surface area contributed by atoms with Gasteiger partial charge in [0.05, 0.1) is 18.0 Å². The normalized spacial score (nSPS) is 30.1. The van der Waals surface area contributed by atoms with Crippen LogP contribution in [-0.2, 0) is 10.0 Å². The number of carbonyl (C=O) groups is 1. The van der Waals surface area contributed by atoms with Crippen LogP contribution in [0, 0.1) is 17.3 Å². The molecule has 1 fully saturated rings. The highest BCUT2D eigenvalue weighted by Gasteiger charge is 2.43. The van der Waals surface area contributed by atoms with Crippen molar-refractivity contribution >= 4 is 21.6 Å². The van der Waals surface area contributed by atoms with Crippen molar-refractivity contribution in [3.05, 3.63) is 59.7 Å². The van der Waals surface area contributed by atoms with Crippen molar-refractivity contribution in [3.63, 3.8) is 0 Å². The summed E-state index contributed by atoms with van der Waals surface area (Å²) in [6.45, 7) is 8.49. The standard InChI is InChI=1S/C31H42N2O4S/c1-3-10-27-23(4-2)12-9-17-31(27)21-33-20-26-14-13-24(26)11-7-5-6-8-18-38(35,36)32-30(34)25-15-16-29(37-22-31)28(33)19-25/h3-4,10,15-16,19,24,26H,2,5-9,11-14,17-18,20-22H2,1H3,(H,32,34)/b10-3-/t24-,26+,31+/m1/s1. The zero-order chi connectivity index (χ0) is 26.8. The maximum Gasteiger partial charge on any atom is 0.264 e. The molecule has 0 radical (unpaired) electrons. The number of ether oxygens (including phenoxy) is 1. The Morgan fingerprint density at radius 3 is 2.68 bits per heavy atom. The number of fused-ring (bicyclic) bond motifs is 2. The second kappa shape index (κ2) is 11.3. The van der Waals surface area contributed by atoms with E-state index in [4.69, 9.17) is 4.74 Å². The number of hydrogen-bond acceptors (Lipinski definition) is 5. The Labute approximate surface area is 228 Å². The largest absolute Gasteiger partial charge is 0.490 e. The van der Waals surface area contributed by atoms with Crippen LogP contribution in [0.15, 0.2) is 54.2 Å². The Morgan fingerprint density at radius 1 is 1.11 bits per heavy atom. The number of anilines is 1. The molecule has 5 rings (SSSR count). The summed E-state index contributed by atoms with van der Waals surface area (Å²) in [5.41, 5.74) is 3.70. The topological polar surface area (TPSA) is 75.7 Å². The number of carbonyl (C=O) groups excluding carboxylic acids is 1. The Balaban J connectivity index is 1.56. The summed E-state index contributed by atoms with van der Waals surface area (Å²) in [4.78, 5) is 15.5. The van der Waals surface area contributed by atoms with Crippen LogP contribution in [0.25, 0.3) is 0 Å². The fourth-order valence-electron chi connectivity index (χ4n) is 6.95. The highest BCUT2D eigenvalue weighted by Crippen LogP contribution is 2.48. The predicted octanol–water partition coefficient (Wildman–Crippen LogP) is 6.16. The van der Waals surface area contributed by atoms with Gasteiger partial charge >= 0.3 is 0 Å². The molecule has 4 aliphatic rings. The molecule has 6 nitrogen and oxygen atoms in total. The molecule has 1 saturated carbocycles. The van der Waals surface area contributed by atoms with Crippen molar-refractivity contribution < 1.29 is 17.9 Å². The van der Waals surface area contributed by atoms with Gasteiger partial charge in [0.25, 0.3) is 5.91 Å². The minimum absolute atomic E-state index is 0.0147. The van der Waals surface area contributed by atoms with Gasteiger partial charge in [-0.15, -0.1) is 0 Å². The average molecular weight is 539 g/mol. The maximum atomic E-state index is 13.1. The van der Waals surface area contributed by atoms with Crippen molar-refractivity contribution in [2.75, 3.05) is 30.3 Å². The smallest absolute Gasteiger partial charge is 0.264 e. The van der Waals surface area contributed by atoms with Crippen molar-refractivity contribution in [2.24, 2.45) is 17.3 Å². The van der Waals surface area contributed by atoms with Crippen molar-refractivity contribution in [3.8, 4) is 5.75 Å². The molecule has 2 aliphatic heterocycles. The SMILES string of the molecule is C=CC1=C(/C=C\C)[C@]2(CCC1)COc1ccc3cc1N(C[C@@H]1CC[C@H]1CCCCCCS(=O)(=O)NC3=O)C2. The van der Waals surface area contributed by atoms with Gasteiger partial charge in [-0.1, -0.05) is 50.5 Å². The summed E-state index contributed by atoms with van der Waals surface area (Å²) in [5, 5.41) is 0. The summed E-state index contributed by atoms with van der Waals surface area (Å²) >= 11 is 0. The van der Waals surface area contributed by atoms with Gasteiger partial charge in [0.2, 0.25) is 10.0 Å². The van der Waals surface area contributed by atoms with E-state index in [1.807, 2.05) is 18.2 Å². The van der Waals surface area contributed by atoms with Crippen LogP contribution in [0.2, 0.25) is 0 Å². The van der Waals surface area contributed by atoms with Gasteiger partial charge in [0, 0.05) is 24.1 Å². The molecule has 2 bridgehead atoms. The van der Waals surface area contributed by atoms with Crippen LogP contribution in [0.5, 0.6) is 5.75 Å². The lowest BCUT2D eigenvalue weighted by molar-refractivity contribution is 0.0981. The molecule has 206 valence electrons. The van der Waals surface area contributed by atoms with Gasteiger partial charge in [0.1, 0.15) is 5.75 Å². The molecule has 2 aliphatic carbocycles. The average Bonchev–Trinajstić information content (AvgIpc) is 3.03. The number of amides is 1. The lowest BCUT2D eigenvalue weighted by Crippen LogP contribution is -2.46. The molecule has 1 aromatic rings. The van der Waals surface area contributed by atoms with Crippen LogP contribution >= 0.6 is 0 Å². The molecule has 3 atom stereocenters. The van der Waals surface area contributed by atoms with E-state index in [-0.39, 0.29) is 11.2 Å². The number of sulfonamides is 1. The van der Waals surface area contributed by atoms with Gasteiger partial charge in [-0.25, -0.2) is 13.1 Å². The Kier molecular flexibility index (Phi) is 8.03. The number of hydrogen-bond donors (Lipinski definition) is 1. The quantitative estimate of drug-likeness (QED) is 0.488. The van der Waals surface area contributed by atoms with Crippen LogP contribution < -0.4 is 14.4 Å². The summed E-state index contributed by atoms with van der Waals surface area (Å²) in [6.07, 6.45) is 16.9. The van der Waals surface area contributed by atoms with Gasteiger partial charge in [-0.2, -0.15) is 0 Å². The second-order valence-corrected chi connectivity index (χ2v) is 13.5. The van der Waals surface area contributed by atoms with Crippen molar-refractivity contribution in [1.29, 1.82) is 0 Å². The number of nitrogens with one attached hydrogen (secondary N) is 1. The van der Waals surface area contributed by atoms with Crippen LogP contribution in [0.1, 0.15) is 81.5 Å². The third kappa shape index (κ3) is 5.58. The first-order valence-electron chi connectivity index (χ1n) is 14.4. The third-order valence-corrected chi connectivity index (χ3v) is 10.5. The summed E-state index contributed by atoms with van der Waals surface area (Å²) in [5.74, 6) is 1.52. The van der Waals surface area contributed by atoms with E-state index in [1.54, 1.807) is 6.07 Å². The van der Waals surface area contributed by atoms with Gasteiger partial charge < -0.3 is 9.64 Å². The van der Waals surface area contributed by atoms with E-state index in [1.165, 1.54) is 30.4 Å². The third-order valence-electron chi connectivity index (χ3n) is 9.17. The molecule has 7 heteroatoms. The molecule has 38 heavy (non-hydrogen) atoms. The number of rotatable bonds is 2. The molecule has 1 N–H and O–H groups in total. The maximum absolute atomic E-state index is 13.1. The number of benzene rings is 1.